The highest BCUT2D eigenvalue weighted by Crippen LogP contribution is 2.29. The predicted octanol–water partition coefficient (Wildman–Crippen LogP) is 3.90. The molecular formula is C23H27N3O2. The van der Waals surface area contributed by atoms with Crippen LogP contribution in [0.5, 0.6) is 5.75 Å². The summed E-state index contributed by atoms with van der Waals surface area (Å²) in [5.74, 6) is 1.70. The molecule has 0 aliphatic heterocycles. The van der Waals surface area contributed by atoms with Crippen molar-refractivity contribution in [2.75, 3.05) is 0 Å². The smallest absolute Gasteiger partial charge is 0.220 e. The zero-order valence-electron chi connectivity index (χ0n) is 16.5. The van der Waals surface area contributed by atoms with Gasteiger partial charge in [-0.15, -0.1) is 0 Å². The number of nitrogens with two attached hydrogens (primary N) is 1. The van der Waals surface area contributed by atoms with E-state index in [1.807, 2.05) is 12.1 Å². The Bertz CT molecular complexity index is 1000. The van der Waals surface area contributed by atoms with Gasteiger partial charge in [0.05, 0.1) is 17.1 Å². The van der Waals surface area contributed by atoms with Gasteiger partial charge in [-0.3, -0.25) is 4.79 Å². The highest BCUT2D eigenvalue weighted by Gasteiger charge is 2.25. The summed E-state index contributed by atoms with van der Waals surface area (Å²) in [7, 11) is 2.06. The van der Waals surface area contributed by atoms with Crippen LogP contribution in [0.1, 0.15) is 42.6 Å². The summed E-state index contributed by atoms with van der Waals surface area (Å²) in [6.45, 7) is 2.11. The van der Waals surface area contributed by atoms with E-state index < -0.39 is 0 Å². The number of aromatic nitrogens is 2. The number of hydrogen-bond acceptors (Lipinski definition) is 3. The summed E-state index contributed by atoms with van der Waals surface area (Å²) < 4.78 is 8.33. The number of fused-ring (bicyclic) bond motifs is 1. The number of carbonyl (C=O) groups excluding carboxylic acids is 1. The quantitative estimate of drug-likeness (QED) is 0.733. The maximum Gasteiger partial charge on any atom is 0.220 e. The lowest BCUT2D eigenvalue weighted by Gasteiger charge is -2.27. The fourth-order valence-electron chi connectivity index (χ4n) is 4.12. The van der Waals surface area contributed by atoms with Crippen molar-refractivity contribution in [1.29, 1.82) is 0 Å². The Hall–Kier alpha value is -2.82. The van der Waals surface area contributed by atoms with Gasteiger partial charge >= 0.3 is 0 Å². The number of carbonyl (C=O) groups is 1. The molecule has 2 aromatic carbocycles. The molecule has 3 aromatic rings. The van der Waals surface area contributed by atoms with Gasteiger partial charge in [0.25, 0.3) is 0 Å². The molecule has 1 aliphatic rings. The van der Waals surface area contributed by atoms with Gasteiger partial charge in [0, 0.05) is 25.5 Å². The number of ether oxygens (including phenoxy) is 1. The normalized spacial score (nSPS) is 19.6. The third-order valence-corrected chi connectivity index (χ3v) is 5.77. The molecule has 0 atom stereocenters. The standard InChI is InChI=1S/C23H27N3O2/c1-15-4-3-5-16(12-15)13-22-25-20-14-19(10-11-21(20)26(22)2)28-18-8-6-17(7-9-18)23(24)27/h3-5,10-12,14,17-18H,6-9,13H2,1-2H3,(H2,24,27). The van der Waals surface area contributed by atoms with Crippen LogP contribution in [0.25, 0.3) is 11.0 Å². The van der Waals surface area contributed by atoms with E-state index in [1.165, 1.54) is 11.1 Å². The van der Waals surface area contributed by atoms with Crippen LogP contribution in [0.3, 0.4) is 0 Å². The second-order valence-electron chi connectivity index (χ2n) is 7.90. The zero-order valence-corrected chi connectivity index (χ0v) is 16.5. The molecule has 1 heterocycles. The molecule has 5 heteroatoms. The van der Waals surface area contributed by atoms with Crippen molar-refractivity contribution in [3.05, 3.63) is 59.4 Å². The topological polar surface area (TPSA) is 70.1 Å². The van der Waals surface area contributed by atoms with Crippen molar-refractivity contribution >= 4 is 16.9 Å². The summed E-state index contributed by atoms with van der Waals surface area (Å²) in [6, 6.07) is 14.7. The first kappa shape index (κ1) is 18.5. The lowest BCUT2D eigenvalue weighted by Crippen LogP contribution is -2.31. The van der Waals surface area contributed by atoms with Gasteiger partial charge in [0.15, 0.2) is 0 Å². The molecule has 0 bridgehead atoms. The zero-order chi connectivity index (χ0) is 19.7. The van der Waals surface area contributed by atoms with Crippen molar-refractivity contribution in [3.8, 4) is 5.75 Å². The van der Waals surface area contributed by atoms with Gasteiger partial charge < -0.3 is 15.0 Å². The van der Waals surface area contributed by atoms with E-state index in [4.69, 9.17) is 15.5 Å². The number of nitrogens with zero attached hydrogens (tertiary/aromatic N) is 2. The minimum atomic E-state index is -0.186. The van der Waals surface area contributed by atoms with Crippen molar-refractivity contribution in [3.63, 3.8) is 0 Å². The molecule has 0 unspecified atom stereocenters. The van der Waals surface area contributed by atoms with Crippen LogP contribution in [0.15, 0.2) is 42.5 Å². The first-order valence-corrected chi connectivity index (χ1v) is 9.96. The Balaban J connectivity index is 1.49. The molecule has 1 aromatic heterocycles. The highest BCUT2D eigenvalue weighted by atomic mass is 16.5. The summed E-state index contributed by atoms with van der Waals surface area (Å²) >= 11 is 0. The molecule has 0 spiro atoms. The third kappa shape index (κ3) is 3.88. The van der Waals surface area contributed by atoms with E-state index in [2.05, 4.69) is 48.9 Å². The number of benzene rings is 2. The molecular weight excluding hydrogens is 350 g/mol. The van der Waals surface area contributed by atoms with Crippen molar-refractivity contribution in [2.24, 2.45) is 18.7 Å². The van der Waals surface area contributed by atoms with Crippen LogP contribution >= 0.6 is 0 Å². The molecule has 5 nitrogen and oxygen atoms in total. The Morgan fingerprint density at radius 2 is 1.96 bits per heavy atom. The lowest BCUT2D eigenvalue weighted by atomic mass is 9.87. The Morgan fingerprint density at radius 3 is 2.68 bits per heavy atom. The van der Waals surface area contributed by atoms with Gasteiger partial charge in [0.2, 0.25) is 5.91 Å². The van der Waals surface area contributed by atoms with Crippen LogP contribution in [0.4, 0.5) is 0 Å². The number of amides is 1. The Labute approximate surface area is 165 Å². The summed E-state index contributed by atoms with van der Waals surface area (Å²) in [6.07, 6.45) is 4.31. The number of imidazole rings is 1. The first-order valence-electron chi connectivity index (χ1n) is 9.96. The van der Waals surface area contributed by atoms with E-state index in [9.17, 15) is 4.79 Å². The molecule has 28 heavy (non-hydrogen) atoms. The van der Waals surface area contributed by atoms with Crippen LogP contribution in [-0.4, -0.2) is 21.6 Å². The van der Waals surface area contributed by atoms with Crippen molar-refractivity contribution in [1.82, 2.24) is 9.55 Å². The van der Waals surface area contributed by atoms with Gasteiger partial charge in [-0.2, -0.15) is 0 Å². The molecule has 0 saturated heterocycles. The SMILES string of the molecule is Cc1cccc(Cc2nc3cc(OC4CCC(C(N)=O)CC4)ccc3n2C)c1. The maximum absolute atomic E-state index is 11.3. The Kier molecular flexibility index (Phi) is 5.07. The van der Waals surface area contributed by atoms with E-state index >= 15 is 0 Å². The van der Waals surface area contributed by atoms with Crippen LogP contribution in [-0.2, 0) is 18.3 Å². The van der Waals surface area contributed by atoms with E-state index in [-0.39, 0.29) is 17.9 Å². The van der Waals surface area contributed by atoms with Crippen LogP contribution in [0.2, 0.25) is 0 Å². The van der Waals surface area contributed by atoms with Crippen molar-refractivity contribution < 1.29 is 9.53 Å². The minimum absolute atomic E-state index is 0.00213. The summed E-state index contributed by atoms with van der Waals surface area (Å²) in [5, 5.41) is 0. The third-order valence-electron chi connectivity index (χ3n) is 5.77. The largest absolute Gasteiger partial charge is 0.490 e. The van der Waals surface area contributed by atoms with Crippen molar-refractivity contribution in [2.45, 2.75) is 45.1 Å². The summed E-state index contributed by atoms with van der Waals surface area (Å²) in [5.41, 5.74) is 10.0. The van der Waals surface area contributed by atoms with Gasteiger partial charge in [0.1, 0.15) is 11.6 Å². The second kappa shape index (κ2) is 7.66. The van der Waals surface area contributed by atoms with Gasteiger partial charge in [-0.1, -0.05) is 29.8 Å². The number of rotatable bonds is 5. The van der Waals surface area contributed by atoms with Gasteiger partial charge in [-0.25, -0.2) is 4.98 Å². The Morgan fingerprint density at radius 1 is 1.18 bits per heavy atom. The molecule has 1 aliphatic carbocycles. The molecule has 2 N–H and O–H groups in total. The highest BCUT2D eigenvalue weighted by molar-refractivity contribution is 5.78. The molecule has 1 saturated carbocycles. The number of primary amides is 1. The molecule has 1 fully saturated rings. The van der Waals surface area contributed by atoms with Crippen LogP contribution < -0.4 is 10.5 Å². The molecule has 4 rings (SSSR count). The molecule has 0 radical (unpaired) electrons. The second-order valence-corrected chi connectivity index (χ2v) is 7.90. The first-order chi connectivity index (χ1) is 13.5. The predicted molar refractivity (Wildman–Crippen MR) is 110 cm³/mol. The average molecular weight is 377 g/mol. The summed E-state index contributed by atoms with van der Waals surface area (Å²) in [4.78, 5) is 16.2. The van der Waals surface area contributed by atoms with E-state index in [1.54, 1.807) is 0 Å². The minimum Gasteiger partial charge on any atom is -0.490 e. The van der Waals surface area contributed by atoms with E-state index in [0.29, 0.717) is 0 Å². The molecule has 146 valence electrons. The van der Waals surface area contributed by atoms with Crippen LogP contribution in [0, 0.1) is 12.8 Å². The fourth-order valence-corrected chi connectivity index (χ4v) is 4.12. The maximum atomic E-state index is 11.3. The average Bonchev–Trinajstić information content (AvgIpc) is 2.97. The lowest BCUT2D eigenvalue weighted by molar-refractivity contribution is -0.123. The number of aryl methyl sites for hydroxylation is 2. The van der Waals surface area contributed by atoms with E-state index in [0.717, 1.165) is 54.7 Å². The monoisotopic (exact) mass is 377 g/mol. The number of hydrogen-bond donors (Lipinski definition) is 1. The fraction of sp³-hybridized carbons (Fsp3) is 0.391. The molecule has 1 amide bonds. The van der Waals surface area contributed by atoms with Gasteiger partial charge in [-0.05, 0) is 50.3 Å².